The third kappa shape index (κ3) is 2.37. The first-order valence-electron chi connectivity index (χ1n) is 6.16. The lowest BCUT2D eigenvalue weighted by Gasteiger charge is -2.26. The molecule has 3 nitrogen and oxygen atoms in total. The lowest BCUT2D eigenvalue weighted by atomic mass is 9.85. The molecule has 1 aromatic rings. The third-order valence-corrected chi connectivity index (χ3v) is 4.09. The van der Waals surface area contributed by atoms with Gasteiger partial charge in [-0.3, -0.25) is 0 Å². The smallest absolute Gasteiger partial charge is 0.163 e. The molecule has 0 amide bonds. The molecule has 92 valence electrons. The van der Waals surface area contributed by atoms with Gasteiger partial charge in [0, 0.05) is 23.2 Å². The maximum absolute atomic E-state index is 5.58. The van der Waals surface area contributed by atoms with Crippen LogP contribution in [0.1, 0.15) is 19.3 Å². The first-order chi connectivity index (χ1) is 8.33. The Morgan fingerprint density at radius 1 is 1.18 bits per heavy atom. The van der Waals surface area contributed by atoms with E-state index < -0.39 is 0 Å². The summed E-state index contributed by atoms with van der Waals surface area (Å²) in [6.07, 6.45) is 4.10. The number of nitrogens with one attached hydrogen (secondary N) is 1. The Kier molecular flexibility index (Phi) is 3.14. The maximum atomic E-state index is 5.58. The minimum atomic E-state index is 0.633. The van der Waals surface area contributed by atoms with Crippen LogP contribution in [0.3, 0.4) is 0 Å². The summed E-state index contributed by atoms with van der Waals surface area (Å²) in [4.78, 5) is 0. The average molecular weight is 298 g/mol. The highest BCUT2D eigenvalue weighted by molar-refractivity contribution is 9.10. The zero-order chi connectivity index (χ0) is 11.7. The molecule has 0 saturated heterocycles. The molecular weight excluding hydrogens is 282 g/mol. The largest absolute Gasteiger partial charge is 0.486 e. The SMILES string of the molecule is Brc1cc2c(cc1NCC1CCC1)OCCO2. The van der Waals surface area contributed by atoms with Crippen molar-refractivity contribution in [2.24, 2.45) is 5.92 Å². The second kappa shape index (κ2) is 4.77. The van der Waals surface area contributed by atoms with Gasteiger partial charge >= 0.3 is 0 Å². The Labute approximate surface area is 110 Å². The molecule has 1 aromatic carbocycles. The molecule has 0 radical (unpaired) electrons. The van der Waals surface area contributed by atoms with Gasteiger partial charge in [-0.2, -0.15) is 0 Å². The molecule has 0 spiro atoms. The quantitative estimate of drug-likeness (QED) is 0.927. The predicted molar refractivity (Wildman–Crippen MR) is 71.0 cm³/mol. The number of rotatable bonds is 3. The monoisotopic (exact) mass is 297 g/mol. The molecule has 4 heteroatoms. The number of halogens is 1. The van der Waals surface area contributed by atoms with Crippen LogP contribution in [-0.4, -0.2) is 19.8 Å². The van der Waals surface area contributed by atoms with Crippen LogP contribution >= 0.6 is 15.9 Å². The van der Waals surface area contributed by atoms with E-state index in [2.05, 4.69) is 21.2 Å². The zero-order valence-corrected chi connectivity index (χ0v) is 11.3. The average Bonchev–Trinajstić information content (AvgIpc) is 2.27. The molecule has 2 aliphatic rings. The van der Waals surface area contributed by atoms with Crippen molar-refractivity contribution in [1.29, 1.82) is 0 Å². The summed E-state index contributed by atoms with van der Waals surface area (Å²) in [5.41, 5.74) is 1.10. The van der Waals surface area contributed by atoms with Gasteiger partial charge in [-0.05, 0) is 34.7 Å². The fraction of sp³-hybridized carbons (Fsp3) is 0.538. The van der Waals surface area contributed by atoms with Crippen molar-refractivity contribution >= 4 is 21.6 Å². The Morgan fingerprint density at radius 3 is 2.53 bits per heavy atom. The summed E-state index contributed by atoms with van der Waals surface area (Å²) in [5, 5.41) is 3.48. The Balaban J connectivity index is 1.73. The maximum Gasteiger partial charge on any atom is 0.163 e. The van der Waals surface area contributed by atoms with Crippen LogP contribution in [0.25, 0.3) is 0 Å². The Hall–Kier alpha value is -0.900. The summed E-state index contributed by atoms with van der Waals surface area (Å²) in [6, 6.07) is 4.01. The van der Waals surface area contributed by atoms with Crippen LogP contribution in [0.5, 0.6) is 11.5 Å². The van der Waals surface area contributed by atoms with Gasteiger partial charge in [0.25, 0.3) is 0 Å². The van der Waals surface area contributed by atoms with Crippen LogP contribution in [0, 0.1) is 5.92 Å². The lowest BCUT2D eigenvalue weighted by molar-refractivity contribution is 0.171. The van der Waals surface area contributed by atoms with E-state index in [0.717, 1.165) is 34.1 Å². The van der Waals surface area contributed by atoms with Crippen LogP contribution < -0.4 is 14.8 Å². The Bertz CT molecular complexity index is 418. The summed E-state index contributed by atoms with van der Waals surface area (Å²) in [7, 11) is 0. The molecule has 1 saturated carbocycles. The number of fused-ring (bicyclic) bond motifs is 1. The number of benzene rings is 1. The topological polar surface area (TPSA) is 30.5 Å². The van der Waals surface area contributed by atoms with Crippen molar-refractivity contribution < 1.29 is 9.47 Å². The molecule has 3 rings (SSSR count). The minimum absolute atomic E-state index is 0.633. The molecule has 0 unspecified atom stereocenters. The predicted octanol–water partition coefficient (Wildman–Crippen LogP) is 3.43. The van der Waals surface area contributed by atoms with E-state index in [9.17, 15) is 0 Å². The fourth-order valence-corrected chi connectivity index (χ4v) is 2.61. The molecule has 17 heavy (non-hydrogen) atoms. The summed E-state index contributed by atoms with van der Waals surface area (Å²) in [6.45, 7) is 2.32. The lowest BCUT2D eigenvalue weighted by Crippen LogP contribution is -2.21. The van der Waals surface area contributed by atoms with Crippen LogP contribution in [-0.2, 0) is 0 Å². The zero-order valence-electron chi connectivity index (χ0n) is 9.67. The van der Waals surface area contributed by atoms with Gasteiger partial charge < -0.3 is 14.8 Å². The van der Waals surface area contributed by atoms with Crippen LogP contribution in [0.4, 0.5) is 5.69 Å². The van der Waals surface area contributed by atoms with E-state index >= 15 is 0 Å². The van der Waals surface area contributed by atoms with E-state index in [1.54, 1.807) is 0 Å². The standard InChI is InChI=1S/C13H16BrNO2/c14-10-6-12-13(17-5-4-16-12)7-11(10)15-8-9-2-1-3-9/h6-7,9,15H,1-5,8H2. The van der Waals surface area contributed by atoms with Crippen LogP contribution in [0.2, 0.25) is 0 Å². The van der Waals surface area contributed by atoms with Gasteiger partial charge in [-0.15, -0.1) is 0 Å². The molecule has 0 atom stereocenters. The van der Waals surface area contributed by atoms with Gasteiger partial charge in [-0.1, -0.05) is 6.42 Å². The molecule has 1 aliphatic heterocycles. The van der Waals surface area contributed by atoms with Crippen molar-refractivity contribution in [2.75, 3.05) is 25.1 Å². The van der Waals surface area contributed by atoms with E-state index in [-0.39, 0.29) is 0 Å². The van der Waals surface area contributed by atoms with Crippen molar-refractivity contribution in [3.05, 3.63) is 16.6 Å². The molecule has 1 fully saturated rings. The Morgan fingerprint density at radius 2 is 1.88 bits per heavy atom. The minimum Gasteiger partial charge on any atom is -0.486 e. The summed E-state index contributed by atoms with van der Waals surface area (Å²) < 4.78 is 12.2. The van der Waals surface area contributed by atoms with Crippen molar-refractivity contribution in [2.45, 2.75) is 19.3 Å². The number of anilines is 1. The van der Waals surface area contributed by atoms with Gasteiger partial charge in [0.05, 0.1) is 5.69 Å². The van der Waals surface area contributed by atoms with E-state index in [1.807, 2.05) is 12.1 Å². The van der Waals surface area contributed by atoms with Gasteiger partial charge in [0.15, 0.2) is 11.5 Å². The van der Waals surface area contributed by atoms with E-state index in [0.29, 0.717) is 13.2 Å². The fourth-order valence-electron chi connectivity index (χ4n) is 2.15. The summed E-state index contributed by atoms with van der Waals surface area (Å²) >= 11 is 3.57. The van der Waals surface area contributed by atoms with Crippen molar-refractivity contribution in [1.82, 2.24) is 0 Å². The second-order valence-electron chi connectivity index (χ2n) is 4.65. The van der Waals surface area contributed by atoms with Crippen molar-refractivity contribution in [3.8, 4) is 11.5 Å². The highest BCUT2D eigenvalue weighted by atomic mass is 79.9. The summed E-state index contributed by atoms with van der Waals surface area (Å²) in [5.74, 6) is 2.52. The molecule has 1 aliphatic carbocycles. The highest BCUT2D eigenvalue weighted by Gasteiger charge is 2.19. The molecule has 1 heterocycles. The number of ether oxygens (including phenoxy) is 2. The normalized spacial score (nSPS) is 18.6. The number of hydrogen-bond acceptors (Lipinski definition) is 3. The third-order valence-electron chi connectivity index (χ3n) is 3.44. The molecule has 0 aromatic heterocycles. The van der Waals surface area contributed by atoms with Crippen LogP contribution in [0.15, 0.2) is 16.6 Å². The molecular formula is C13H16BrNO2. The van der Waals surface area contributed by atoms with E-state index in [4.69, 9.17) is 9.47 Å². The first kappa shape index (κ1) is 11.2. The van der Waals surface area contributed by atoms with Gasteiger partial charge in [0.1, 0.15) is 13.2 Å². The van der Waals surface area contributed by atoms with Crippen molar-refractivity contribution in [3.63, 3.8) is 0 Å². The molecule has 0 bridgehead atoms. The van der Waals surface area contributed by atoms with E-state index in [1.165, 1.54) is 19.3 Å². The first-order valence-corrected chi connectivity index (χ1v) is 6.95. The second-order valence-corrected chi connectivity index (χ2v) is 5.51. The van der Waals surface area contributed by atoms with Gasteiger partial charge in [0.2, 0.25) is 0 Å². The molecule has 1 N–H and O–H groups in total. The highest BCUT2D eigenvalue weighted by Crippen LogP contribution is 2.38. The van der Waals surface area contributed by atoms with Gasteiger partial charge in [-0.25, -0.2) is 0 Å². The number of hydrogen-bond donors (Lipinski definition) is 1.